The Bertz CT molecular complexity index is 197. The molecule has 1 aliphatic rings. The molecule has 1 N–H and O–H groups in total. The Kier molecular flexibility index (Phi) is 2.70. The van der Waals surface area contributed by atoms with Crippen LogP contribution in [0.1, 0.15) is 13.3 Å². The molecule has 0 radical (unpaired) electrons. The highest BCUT2D eigenvalue weighted by Crippen LogP contribution is 2.22. The summed E-state index contributed by atoms with van der Waals surface area (Å²) in [5.74, 6) is 0.0353. The molecule has 0 aromatic rings. The molecule has 0 aromatic heterocycles. The highest BCUT2D eigenvalue weighted by molar-refractivity contribution is 5.82. The van der Waals surface area contributed by atoms with Gasteiger partial charge in [0.15, 0.2) is 0 Å². The van der Waals surface area contributed by atoms with Gasteiger partial charge in [0.2, 0.25) is 0 Å². The topological polar surface area (TPSA) is 55.8 Å². The van der Waals surface area contributed by atoms with Gasteiger partial charge in [0.05, 0.1) is 19.3 Å². The number of esters is 1. The molecular weight excluding hydrogens is 160 g/mol. The lowest BCUT2D eigenvalue weighted by molar-refractivity contribution is -0.135. The van der Waals surface area contributed by atoms with E-state index in [1.54, 1.807) is 6.92 Å². The zero-order chi connectivity index (χ0) is 9.14. The van der Waals surface area contributed by atoms with Gasteiger partial charge >= 0.3 is 5.97 Å². The van der Waals surface area contributed by atoms with Gasteiger partial charge in [-0.1, -0.05) is 0 Å². The number of aliphatic hydroxyl groups excluding tert-OH is 1. The van der Waals surface area contributed by atoms with Crippen LogP contribution in [0, 0.1) is 0 Å². The maximum absolute atomic E-state index is 10.7. The largest absolute Gasteiger partial charge is 0.492 e. The summed E-state index contributed by atoms with van der Waals surface area (Å²) in [5, 5.41) is 9.24. The monoisotopic (exact) mass is 172 g/mol. The van der Waals surface area contributed by atoms with E-state index in [0.29, 0.717) is 12.2 Å². The summed E-state index contributed by atoms with van der Waals surface area (Å²) < 4.78 is 9.56. The molecule has 1 aliphatic heterocycles. The number of methoxy groups -OCH3 is 1. The highest BCUT2D eigenvalue weighted by atomic mass is 16.5. The lowest BCUT2D eigenvalue weighted by Crippen LogP contribution is -2.15. The highest BCUT2D eigenvalue weighted by Gasteiger charge is 2.26. The molecule has 0 bridgehead atoms. The summed E-state index contributed by atoms with van der Waals surface area (Å²) in [6, 6.07) is 0. The van der Waals surface area contributed by atoms with Crippen LogP contribution in [0.4, 0.5) is 0 Å². The summed E-state index contributed by atoms with van der Waals surface area (Å²) in [6.07, 6.45) is 0.894. The van der Waals surface area contributed by atoms with E-state index < -0.39 is 12.1 Å². The molecular formula is C8H12O4. The average Bonchev–Trinajstić information content (AvgIpc) is 2.31. The molecule has 0 amide bonds. The molecule has 0 spiro atoms. The Morgan fingerprint density at radius 3 is 2.92 bits per heavy atom. The van der Waals surface area contributed by atoms with Gasteiger partial charge < -0.3 is 14.6 Å². The van der Waals surface area contributed by atoms with Gasteiger partial charge in [0.1, 0.15) is 11.9 Å². The molecule has 0 aromatic carbocycles. The standard InChI is InChI=1S/C8H12O4/c1-5-7(9)3-6(12-5)4-8(10)11-2/h4-5,7,9H,3H2,1-2H3/b6-4-. The molecule has 1 heterocycles. The van der Waals surface area contributed by atoms with E-state index in [9.17, 15) is 9.90 Å². The molecule has 1 saturated heterocycles. The fraction of sp³-hybridized carbons (Fsp3) is 0.625. The molecule has 1 rings (SSSR count). The van der Waals surface area contributed by atoms with Gasteiger partial charge in [0, 0.05) is 6.42 Å². The molecule has 4 nitrogen and oxygen atoms in total. The van der Waals surface area contributed by atoms with E-state index in [1.807, 2.05) is 0 Å². The maximum Gasteiger partial charge on any atom is 0.333 e. The van der Waals surface area contributed by atoms with E-state index in [2.05, 4.69) is 4.74 Å². The smallest absolute Gasteiger partial charge is 0.333 e. The molecule has 12 heavy (non-hydrogen) atoms. The van der Waals surface area contributed by atoms with Crippen LogP contribution >= 0.6 is 0 Å². The molecule has 2 atom stereocenters. The summed E-state index contributed by atoms with van der Waals surface area (Å²) >= 11 is 0. The van der Waals surface area contributed by atoms with Crippen molar-refractivity contribution in [3.05, 3.63) is 11.8 Å². The van der Waals surface area contributed by atoms with Gasteiger partial charge in [-0.2, -0.15) is 0 Å². The van der Waals surface area contributed by atoms with Gasteiger partial charge in [-0.05, 0) is 6.92 Å². The van der Waals surface area contributed by atoms with Crippen molar-refractivity contribution in [1.29, 1.82) is 0 Å². The lowest BCUT2D eigenvalue weighted by Gasteiger charge is -2.05. The van der Waals surface area contributed by atoms with Crippen LogP contribution in [0.2, 0.25) is 0 Å². The van der Waals surface area contributed by atoms with Crippen molar-refractivity contribution < 1.29 is 19.4 Å². The van der Waals surface area contributed by atoms with Crippen molar-refractivity contribution in [1.82, 2.24) is 0 Å². The number of hydrogen-bond acceptors (Lipinski definition) is 4. The minimum Gasteiger partial charge on any atom is -0.492 e. The number of carbonyl (C=O) groups is 1. The van der Waals surface area contributed by atoms with Crippen LogP contribution in [0.25, 0.3) is 0 Å². The number of carbonyl (C=O) groups excluding carboxylic acids is 1. The molecule has 0 aliphatic carbocycles. The first-order valence-electron chi connectivity index (χ1n) is 3.76. The van der Waals surface area contributed by atoms with Crippen LogP contribution in [0.15, 0.2) is 11.8 Å². The first kappa shape index (κ1) is 9.06. The Hall–Kier alpha value is -1.03. The van der Waals surface area contributed by atoms with Crippen LogP contribution < -0.4 is 0 Å². The first-order chi connectivity index (χ1) is 5.63. The van der Waals surface area contributed by atoms with Crippen molar-refractivity contribution in [2.45, 2.75) is 25.6 Å². The minimum absolute atomic E-state index is 0.235. The predicted octanol–water partition coefficient (Wildman–Crippen LogP) is 0.213. The zero-order valence-electron chi connectivity index (χ0n) is 7.11. The maximum atomic E-state index is 10.7. The fourth-order valence-electron chi connectivity index (χ4n) is 1.02. The lowest BCUT2D eigenvalue weighted by atomic mass is 10.2. The summed E-state index contributed by atoms with van der Waals surface area (Å²) in [7, 11) is 1.30. The third-order valence-corrected chi connectivity index (χ3v) is 1.77. The second-order valence-corrected chi connectivity index (χ2v) is 2.73. The predicted molar refractivity (Wildman–Crippen MR) is 41.3 cm³/mol. The van der Waals surface area contributed by atoms with Gasteiger partial charge in [-0.25, -0.2) is 4.79 Å². The van der Waals surface area contributed by atoms with Crippen molar-refractivity contribution in [2.75, 3.05) is 7.11 Å². The number of rotatable bonds is 1. The van der Waals surface area contributed by atoms with E-state index in [1.165, 1.54) is 13.2 Å². The zero-order valence-corrected chi connectivity index (χ0v) is 7.11. The summed E-state index contributed by atoms with van der Waals surface area (Å²) in [5.41, 5.74) is 0. The molecule has 1 fully saturated rings. The number of hydrogen-bond donors (Lipinski definition) is 1. The Morgan fingerprint density at radius 1 is 1.83 bits per heavy atom. The fourth-order valence-corrected chi connectivity index (χ4v) is 1.02. The van der Waals surface area contributed by atoms with Crippen LogP contribution in [0.5, 0.6) is 0 Å². The van der Waals surface area contributed by atoms with Gasteiger partial charge in [-0.15, -0.1) is 0 Å². The van der Waals surface area contributed by atoms with Crippen molar-refractivity contribution in [3.63, 3.8) is 0 Å². The SMILES string of the molecule is COC(=O)/C=C1/CC(O)C(C)O1. The molecule has 4 heteroatoms. The first-order valence-corrected chi connectivity index (χ1v) is 3.76. The quantitative estimate of drug-likeness (QED) is 0.454. The van der Waals surface area contributed by atoms with Gasteiger partial charge in [-0.3, -0.25) is 0 Å². The molecule has 68 valence electrons. The summed E-state index contributed by atoms with van der Waals surface area (Å²) in [4.78, 5) is 10.7. The third-order valence-electron chi connectivity index (χ3n) is 1.77. The average molecular weight is 172 g/mol. The third kappa shape index (κ3) is 1.98. The number of aliphatic hydroxyl groups is 1. The normalized spacial score (nSPS) is 31.8. The number of ether oxygens (including phenoxy) is 2. The Balaban J connectivity index is 2.56. The Labute approximate surface area is 70.8 Å². The van der Waals surface area contributed by atoms with Crippen LogP contribution in [0.3, 0.4) is 0 Å². The summed E-state index contributed by atoms with van der Waals surface area (Å²) in [6.45, 7) is 1.75. The van der Waals surface area contributed by atoms with E-state index in [4.69, 9.17) is 4.74 Å². The van der Waals surface area contributed by atoms with Crippen LogP contribution in [-0.2, 0) is 14.3 Å². The van der Waals surface area contributed by atoms with Crippen molar-refractivity contribution in [3.8, 4) is 0 Å². The van der Waals surface area contributed by atoms with E-state index in [0.717, 1.165) is 0 Å². The van der Waals surface area contributed by atoms with E-state index >= 15 is 0 Å². The minimum atomic E-state index is -0.513. The van der Waals surface area contributed by atoms with Crippen molar-refractivity contribution >= 4 is 5.97 Å². The van der Waals surface area contributed by atoms with Gasteiger partial charge in [0.25, 0.3) is 0 Å². The second-order valence-electron chi connectivity index (χ2n) is 2.73. The van der Waals surface area contributed by atoms with E-state index in [-0.39, 0.29) is 6.10 Å². The second kappa shape index (κ2) is 3.58. The Morgan fingerprint density at radius 2 is 2.50 bits per heavy atom. The molecule has 0 saturated carbocycles. The van der Waals surface area contributed by atoms with Crippen molar-refractivity contribution in [2.24, 2.45) is 0 Å². The molecule has 2 unspecified atom stereocenters. The van der Waals surface area contributed by atoms with Crippen LogP contribution in [-0.4, -0.2) is 30.4 Å².